The first kappa shape index (κ1) is 17.5. The van der Waals surface area contributed by atoms with Crippen LogP contribution in [0.15, 0.2) is 33.7 Å². The maximum atomic E-state index is 12.3. The predicted octanol–water partition coefficient (Wildman–Crippen LogP) is 2.38. The fraction of sp³-hybridized carbons (Fsp3) is 0.333. The second-order valence-corrected chi connectivity index (χ2v) is 7.69. The Kier molecular flexibility index (Phi) is 5.11. The predicted molar refractivity (Wildman–Crippen MR) is 86.0 cm³/mol. The third-order valence-electron chi connectivity index (χ3n) is 3.49. The van der Waals surface area contributed by atoms with Crippen LogP contribution >= 0.6 is 11.6 Å². The molecule has 23 heavy (non-hydrogen) atoms. The van der Waals surface area contributed by atoms with E-state index >= 15 is 0 Å². The third-order valence-corrected chi connectivity index (χ3v) is 5.36. The summed E-state index contributed by atoms with van der Waals surface area (Å²) in [5.74, 6) is -0.489. The molecule has 0 saturated carbocycles. The number of halogens is 1. The molecule has 0 aliphatic rings. The van der Waals surface area contributed by atoms with E-state index in [-0.39, 0.29) is 11.4 Å². The van der Waals surface area contributed by atoms with E-state index in [9.17, 15) is 13.2 Å². The second kappa shape index (κ2) is 6.72. The standard InChI is InChI=1S/C15H17ClN2O4S/c1-10-14(11(2)22-17-10)8-18(3)15(19)9-23(20,21)13-6-4-12(16)5-7-13/h4-7H,8-9H2,1-3H3. The van der Waals surface area contributed by atoms with Gasteiger partial charge in [0, 0.05) is 17.6 Å². The van der Waals surface area contributed by atoms with E-state index in [4.69, 9.17) is 16.1 Å². The van der Waals surface area contributed by atoms with E-state index in [0.29, 0.717) is 16.5 Å². The molecule has 1 aromatic carbocycles. The zero-order chi connectivity index (χ0) is 17.2. The highest BCUT2D eigenvalue weighted by molar-refractivity contribution is 7.92. The highest BCUT2D eigenvalue weighted by atomic mass is 35.5. The molecular formula is C15H17ClN2O4S. The minimum Gasteiger partial charge on any atom is -0.361 e. The van der Waals surface area contributed by atoms with Crippen LogP contribution in [-0.4, -0.2) is 37.2 Å². The largest absolute Gasteiger partial charge is 0.361 e. The fourth-order valence-electron chi connectivity index (χ4n) is 2.05. The molecule has 0 fully saturated rings. The molecule has 124 valence electrons. The van der Waals surface area contributed by atoms with Gasteiger partial charge in [0.1, 0.15) is 11.5 Å². The third kappa shape index (κ3) is 4.11. The molecule has 0 bridgehead atoms. The number of carbonyl (C=O) groups excluding carboxylic acids is 1. The van der Waals surface area contributed by atoms with Crippen LogP contribution in [0.2, 0.25) is 5.02 Å². The van der Waals surface area contributed by atoms with Gasteiger partial charge in [-0.15, -0.1) is 0 Å². The smallest absolute Gasteiger partial charge is 0.238 e. The van der Waals surface area contributed by atoms with Gasteiger partial charge in [-0.1, -0.05) is 16.8 Å². The molecule has 6 nitrogen and oxygen atoms in total. The molecule has 0 aliphatic heterocycles. The lowest BCUT2D eigenvalue weighted by molar-refractivity contribution is -0.127. The summed E-state index contributed by atoms with van der Waals surface area (Å²) in [4.78, 5) is 13.6. The summed E-state index contributed by atoms with van der Waals surface area (Å²) in [5.41, 5.74) is 1.47. The van der Waals surface area contributed by atoms with Crippen molar-refractivity contribution in [3.8, 4) is 0 Å². The number of aromatic nitrogens is 1. The van der Waals surface area contributed by atoms with Gasteiger partial charge < -0.3 is 9.42 Å². The van der Waals surface area contributed by atoms with Crippen molar-refractivity contribution in [3.63, 3.8) is 0 Å². The minimum atomic E-state index is -3.71. The van der Waals surface area contributed by atoms with Gasteiger partial charge in [0.25, 0.3) is 0 Å². The Bertz CT molecular complexity index is 793. The van der Waals surface area contributed by atoms with E-state index in [1.54, 1.807) is 20.9 Å². The normalized spacial score (nSPS) is 11.5. The van der Waals surface area contributed by atoms with Crippen molar-refractivity contribution < 1.29 is 17.7 Å². The fourth-order valence-corrected chi connectivity index (χ4v) is 3.44. The molecule has 0 radical (unpaired) electrons. The lowest BCUT2D eigenvalue weighted by Gasteiger charge is -2.17. The average molecular weight is 357 g/mol. The summed E-state index contributed by atoms with van der Waals surface area (Å²) < 4.78 is 29.6. The molecule has 0 atom stereocenters. The number of nitrogens with zero attached hydrogens (tertiary/aromatic N) is 2. The summed E-state index contributed by atoms with van der Waals surface area (Å²) in [6.45, 7) is 3.77. The van der Waals surface area contributed by atoms with Crippen LogP contribution in [0.25, 0.3) is 0 Å². The van der Waals surface area contributed by atoms with Gasteiger partial charge in [-0.05, 0) is 38.1 Å². The van der Waals surface area contributed by atoms with E-state index in [2.05, 4.69) is 5.16 Å². The Morgan fingerprint density at radius 2 is 1.87 bits per heavy atom. The molecule has 0 spiro atoms. The number of hydrogen-bond acceptors (Lipinski definition) is 5. The Labute approximate surface area is 139 Å². The van der Waals surface area contributed by atoms with Crippen LogP contribution in [0.5, 0.6) is 0 Å². The van der Waals surface area contributed by atoms with Crippen molar-refractivity contribution in [2.45, 2.75) is 25.3 Å². The van der Waals surface area contributed by atoms with Crippen LogP contribution in [-0.2, 0) is 21.2 Å². The zero-order valence-electron chi connectivity index (χ0n) is 13.0. The lowest BCUT2D eigenvalue weighted by Crippen LogP contribution is -2.32. The van der Waals surface area contributed by atoms with Crippen molar-refractivity contribution >= 4 is 27.3 Å². The van der Waals surface area contributed by atoms with E-state index in [1.807, 2.05) is 0 Å². The molecule has 0 saturated heterocycles. The molecule has 0 N–H and O–H groups in total. The monoisotopic (exact) mass is 356 g/mol. The van der Waals surface area contributed by atoms with Crippen molar-refractivity contribution in [3.05, 3.63) is 46.3 Å². The van der Waals surface area contributed by atoms with E-state index in [1.165, 1.54) is 29.2 Å². The van der Waals surface area contributed by atoms with E-state index < -0.39 is 21.5 Å². The molecule has 0 unspecified atom stereocenters. The molecule has 1 heterocycles. The van der Waals surface area contributed by atoms with Crippen LogP contribution in [0.4, 0.5) is 0 Å². The summed E-state index contributed by atoms with van der Waals surface area (Å²) in [7, 11) is -2.16. The Morgan fingerprint density at radius 3 is 2.39 bits per heavy atom. The van der Waals surface area contributed by atoms with Gasteiger partial charge in [-0.3, -0.25) is 4.79 Å². The van der Waals surface area contributed by atoms with Gasteiger partial charge in [-0.2, -0.15) is 0 Å². The molecular weight excluding hydrogens is 340 g/mol. The zero-order valence-corrected chi connectivity index (χ0v) is 14.6. The highest BCUT2D eigenvalue weighted by Crippen LogP contribution is 2.17. The topological polar surface area (TPSA) is 80.5 Å². The molecule has 2 aromatic rings. The second-order valence-electron chi connectivity index (χ2n) is 5.27. The SMILES string of the molecule is Cc1noc(C)c1CN(C)C(=O)CS(=O)(=O)c1ccc(Cl)cc1. The van der Waals surface area contributed by atoms with Gasteiger partial charge >= 0.3 is 0 Å². The van der Waals surface area contributed by atoms with E-state index in [0.717, 1.165) is 5.56 Å². The number of hydrogen-bond donors (Lipinski definition) is 0. The summed E-state index contributed by atoms with van der Waals surface area (Å²) in [5, 5.41) is 4.25. The van der Waals surface area contributed by atoms with Gasteiger partial charge in [0.2, 0.25) is 5.91 Å². The number of benzene rings is 1. The van der Waals surface area contributed by atoms with Crippen molar-refractivity contribution in [1.29, 1.82) is 0 Å². The first-order valence-corrected chi connectivity index (χ1v) is 8.88. The summed E-state index contributed by atoms with van der Waals surface area (Å²) in [6.07, 6.45) is 0. The minimum absolute atomic E-state index is 0.0704. The number of aryl methyl sites for hydroxylation is 2. The molecule has 1 aromatic heterocycles. The summed E-state index contributed by atoms with van der Waals surface area (Å²) in [6, 6.07) is 5.73. The molecule has 8 heteroatoms. The van der Waals surface area contributed by atoms with Crippen LogP contribution in [0.3, 0.4) is 0 Å². The number of carbonyl (C=O) groups is 1. The van der Waals surface area contributed by atoms with Crippen LogP contribution in [0.1, 0.15) is 17.0 Å². The Balaban J connectivity index is 2.10. The Morgan fingerprint density at radius 1 is 1.26 bits per heavy atom. The molecule has 0 aliphatic carbocycles. The first-order valence-electron chi connectivity index (χ1n) is 6.85. The van der Waals surface area contributed by atoms with Crippen LogP contribution < -0.4 is 0 Å². The number of sulfone groups is 1. The molecule has 2 rings (SSSR count). The number of rotatable bonds is 5. The van der Waals surface area contributed by atoms with Gasteiger partial charge in [0.05, 0.1) is 17.1 Å². The van der Waals surface area contributed by atoms with Crippen molar-refractivity contribution in [1.82, 2.24) is 10.1 Å². The maximum Gasteiger partial charge on any atom is 0.238 e. The van der Waals surface area contributed by atoms with Crippen molar-refractivity contribution in [2.75, 3.05) is 12.8 Å². The maximum absolute atomic E-state index is 12.3. The lowest BCUT2D eigenvalue weighted by atomic mass is 10.2. The van der Waals surface area contributed by atoms with Crippen molar-refractivity contribution in [2.24, 2.45) is 0 Å². The first-order chi connectivity index (χ1) is 10.7. The quantitative estimate of drug-likeness (QED) is 0.821. The Hall–Kier alpha value is -1.86. The highest BCUT2D eigenvalue weighted by Gasteiger charge is 2.23. The van der Waals surface area contributed by atoms with Gasteiger partial charge in [0.15, 0.2) is 9.84 Å². The van der Waals surface area contributed by atoms with Crippen LogP contribution in [0, 0.1) is 13.8 Å². The average Bonchev–Trinajstić information content (AvgIpc) is 2.79. The van der Waals surface area contributed by atoms with Gasteiger partial charge in [-0.25, -0.2) is 8.42 Å². The number of amides is 1. The summed E-state index contributed by atoms with van der Waals surface area (Å²) >= 11 is 5.74. The molecule has 1 amide bonds.